The number of amides is 1. The van der Waals surface area contributed by atoms with Crippen molar-refractivity contribution in [1.82, 2.24) is 19.2 Å². The molecule has 0 bridgehead atoms. The standard InChI is InChI=1S/C23H25FN4O3S/c1-17-25-12-14-28(17)21-8-4-18(5-9-21)15-26-23(29)19-3-2-13-27(16-19)32(30,31)22-10-6-20(24)7-11-22/h4-12,14,19H,2-3,13,15-16H2,1H3,(H,26,29)/t19-/m1/s1. The van der Waals surface area contributed by atoms with Crippen molar-refractivity contribution < 1.29 is 17.6 Å². The highest BCUT2D eigenvalue weighted by Gasteiger charge is 2.33. The molecule has 3 aromatic rings. The molecule has 0 aliphatic carbocycles. The van der Waals surface area contributed by atoms with Crippen LogP contribution in [0.1, 0.15) is 24.2 Å². The van der Waals surface area contributed by atoms with Gasteiger partial charge in [0.15, 0.2) is 0 Å². The molecule has 1 fully saturated rings. The minimum atomic E-state index is -3.76. The smallest absolute Gasteiger partial charge is 0.243 e. The molecule has 1 aromatic heterocycles. The molecular weight excluding hydrogens is 431 g/mol. The summed E-state index contributed by atoms with van der Waals surface area (Å²) in [5.41, 5.74) is 1.94. The maximum absolute atomic E-state index is 13.2. The Bertz CT molecular complexity index is 1190. The van der Waals surface area contributed by atoms with E-state index in [9.17, 15) is 17.6 Å². The lowest BCUT2D eigenvalue weighted by atomic mass is 9.99. The van der Waals surface area contributed by atoms with Gasteiger partial charge in [-0.05, 0) is 61.7 Å². The van der Waals surface area contributed by atoms with E-state index in [0.717, 1.165) is 29.2 Å². The van der Waals surface area contributed by atoms with Crippen LogP contribution in [0.2, 0.25) is 0 Å². The zero-order valence-electron chi connectivity index (χ0n) is 17.7. The molecule has 32 heavy (non-hydrogen) atoms. The Labute approximate surface area is 186 Å². The SMILES string of the molecule is Cc1nccn1-c1ccc(CNC(=O)[C@@H]2CCCN(S(=O)(=O)c3ccc(F)cc3)C2)cc1. The number of imidazole rings is 1. The van der Waals surface area contributed by atoms with Gasteiger partial charge in [0.05, 0.1) is 10.8 Å². The molecule has 1 aliphatic rings. The number of hydrogen-bond acceptors (Lipinski definition) is 4. The van der Waals surface area contributed by atoms with Crippen molar-refractivity contribution >= 4 is 15.9 Å². The Morgan fingerprint density at radius 3 is 2.53 bits per heavy atom. The molecule has 9 heteroatoms. The van der Waals surface area contributed by atoms with Crippen LogP contribution in [0.5, 0.6) is 0 Å². The number of piperidine rings is 1. The van der Waals surface area contributed by atoms with Crippen molar-refractivity contribution in [2.24, 2.45) is 5.92 Å². The minimum Gasteiger partial charge on any atom is -0.352 e. The molecule has 2 aromatic carbocycles. The summed E-state index contributed by atoms with van der Waals surface area (Å²) in [5, 5.41) is 2.92. The molecule has 1 atom stereocenters. The number of halogens is 1. The number of sulfonamides is 1. The van der Waals surface area contributed by atoms with Gasteiger partial charge in [-0.3, -0.25) is 4.79 Å². The summed E-state index contributed by atoms with van der Waals surface area (Å²) in [6.45, 7) is 2.75. The molecule has 1 N–H and O–H groups in total. The lowest BCUT2D eigenvalue weighted by Gasteiger charge is -2.31. The van der Waals surface area contributed by atoms with E-state index in [0.29, 0.717) is 25.9 Å². The van der Waals surface area contributed by atoms with E-state index < -0.39 is 21.8 Å². The predicted molar refractivity (Wildman–Crippen MR) is 118 cm³/mol. The van der Waals surface area contributed by atoms with Gasteiger partial charge in [-0.15, -0.1) is 0 Å². The van der Waals surface area contributed by atoms with Gasteiger partial charge in [-0.2, -0.15) is 4.31 Å². The third-order valence-electron chi connectivity index (χ3n) is 5.71. The number of nitrogens with zero attached hydrogens (tertiary/aromatic N) is 3. The molecule has 0 spiro atoms. The number of aromatic nitrogens is 2. The number of carbonyl (C=O) groups excluding carboxylic acids is 1. The first kappa shape index (κ1) is 22.2. The van der Waals surface area contributed by atoms with E-state index in [4.69, 9.17) is 0 Å². The molecule has 4 rings (SSSR count). The highest BCUT2D eigenvalue weighted by molar-refractivity contribution is 7.89. The van der Waals surface area contributed by atoms with Crippen LogP contribution >= 0.6 is 0 Å². The van der Waals surface area contributed by atoms with Crippen molar-refractivity contribution in [2.75, 3.05) is 13.1 Å². The van der Waals surface area contributed by atoms with E-state index >= 15 is 0 Å². The second-order valence-electron chi connectivity index (χ2n) is 7.88. The summed E-state index contributed by atoms with van der Waals surface area (Å²) in [5.74, 6) is -0.193. The van der Waals surface area contributed by atoms with Gasteiger partial charge in [-0.1, -0.05) is 12.1 Å². The molecule has 1 aliphatic heterocycles. The monoisotopic (exact) mass is 456 g/mol. The summed E-state index contributed by atoms with van der Waals surface area (Å²) >= 11 is 0. The highest BCUT2D eigenvalue weighted by Crippen LogP contribution is 2.24. The maximum atomic E-state index is 13.2. The third-order valence-corrected chi connectivity index (χ3v) is 7.59. The number of nitrogens with one attached hydrogen (secondary N) is 1. The lowest BCUT2D eigenvalue weighted by Crippen LogP contribution is -2.45. The normalized spacial score (nSPS) is 17.2. The van der Waals surface area contributed by atoms with Crippen LogP contribution in [0.25, 0.3) is 5.69 Å². The van der Waals surface area contributed by atoms with Crippen molar-refractivity contribution in [3.63, 3.8) is 0 Å². The van der Waals surface area contributed by atoms with Crippen LogP contribution in [0.15, 0.2) is 65.8 Å². The van der Waals surface area contributed by atoms with Gasteiger partial charge in [0.2, 0.25) is 15.9 Å². The number of aryl methyl sites for hydroxylation is 1. The van der Waals surface area contributed by atoms with Crippen LogP contribution in [0.3, 0.4) is 0 Å². The molecule has 0 unspecified atom stereocenters. The number of hydrogen-bond donors (Lipinski definition) is 1. The largest absolute Gasteiger partial charge is 0.352 e. The first-order valence-corrected chi connectivity index (χ1v) is 11.9. The van der Waals surface area contributed by atoms with E-state index in [2.05, 4.69) is 10.3 Å². The lowest BCUT2D eigenvalue weighted by molar-refractivity contribution is -0.126. The topological polar surface area (TPSA) is 84.3 Å². The summed E-state index contributed by atoms with van der Waals surface area (Å²) < 4.78 is 42.2. The highest BCUT2D eigenvalue weighted by atomic mass is 32.2. The van der Waals surface area contributed by atoms with Crippen molar-refractivity contribution in [1.29, 1.82) is 0 Å². The van der Waals surface area contributed by atoms with E-state index in [1.807, 2.05) is 42.0 Å². The summed E-state index contributed by atoms with van der Waals surface area (Å²) in [7, 11) is -3.76. The van der Waals surface area contributed by atoms with Crippen LogP contribution in [-0.2, 0) is 21.4 Å². The summed E-state index contributed by atoms with van der Waals surface area (Å²) in [6.07, 6.45) is 4.85. The fourth-order valence-corrected chi connectivity index (χ4v) is 5.41. The Morgan fingerprint density at radius 1 is 1.16 bits per heavy atom. The summed E-state index contributed by atoms with van der Waals surface area (Å²) in [4.78, 5) is 17.0. The first-order valence-electron chi connectivity index (χ1n) is 10.5. The third kappa shape index (κ3) is 4.73. The molecule has 0 radical (unpaired) electrons. The maximum Gasteiger partial charge on any atom is 0.243 e. The van der Waals surface area contributed by atoms with Gasteiger partial charge < -0.3 is 9.88 Å². The summed E-state index contributed by atoms with van der Waals surface area (Å²) in [6, 6.07) is 12.6. The zero-order chi connectivity index (χ0) is 22.7. The predicted octanol–water partition coefficient (Wildman–Crippen LogP) is 3.04. The Hall–Kier alpha value is -3.04. The van der Waals surface area contributed by atoms with Crippen molar-refractivity contribution in [3.8, 4) is 5.69 Å². The zero-order valence-corrected chi connectivity index (χ0v) is 18.6. The number of carbonyl (C=O) groups is 1. The molecular formula is C23H25FN4O3S. The van der Waals surface area contributed by atoms with Gasteiger partial charge in [0, 0.05) is 37.7 Å². The Balaban J connectivity index is 1.36. The van der Waals surface area contributed by atoms with Crippen molar-refractivity contribution in [3.05, 3.63) is 78.1 Å². The second kappa shape index (κ2) is 9.22. The quantitative estimate of drug-likeness (QED) is 0.618. The van der Waals surface area contributed by atoms with E-state index in [1.165, 1.54) is 16.4 Å². The fourth-order valence-electron chi connectivity index (χ4n) is 3.89. The van der Waals surface area contributed by atoms with E-state index in [-0.39, 0.29) is 17.3 Å². The second-order valence-corrected chi connectivity index (χ2v) is 9.82. The van der Waals surface area contributed by atoms with Crippen molar-refractivity contribution in [2.45, 2.75) is 31.2 Å². The average Bonchev–Trinajstić information content (AvgIpc) is 3.24. The first-order chi connectivity index (χ1) is 15.3. The van der Waals surface area contributed by atoms with Crippen LogP contribution < -0.4 is 5.32 Å². The fraction of sp³-hybridized carbons (Fsp3) is 0.304. The Kier molecular flexibility index (Phi) is 6.38. The Morgan fingerprint density at radius 2 is 1.88 bits per heavy atom. The van der Waals surface area contributed by atoms with E-state index in [1.54, 1.807) is 6.20 Å². The van der Waals surface area contributed by atoms with Gasteiger partial charge in [0.1, 0.15) is 11.6 Å². The number of benzene rings is 2. The molecule has 1 amide bonds. The van der Waals surface area contributed by atoms with Gasteiger partial charge in [-0.25, -0.2) is 17.8 Å². The van der Waals surface area contributed by atoms with Crippen LogP contribution in [0, 0.1) is 18.7 Å². The van der Waals surface area contributed by atoms with Gasteiger partial charge in [0.25, 0.3) is 0 Å². The number of rotatable bonds is 6. The molecule has 1 saturated heterocycles. The molecule has 168 valence electrons. The minimum absolute atomic E-state index is 0.0353. The molecule has 2 heterocycles. The average molecular weight is 457 g/mol. The van der Waals surface area contributed by atoms with Crippen LogP contribution in [-0.4, -0.2) is 41.3 Å². The molecule has 7 nitrogen and oxygen atoms in total. The van der Waals surface area contributed by atoms with Gasteiger partial charge >= 0.3 is 0 Å². The van der Waals surface area contributed by atoms with Crippen LogP contribution in [0.4, 0.5) is 4.39 Å². The molecule has 0 saturated carbocycles.